The lowest BCUT2D eigenvalue weighted by molar-refractivity contribution is 0.0947. The average molecular weight is 543 g/mol. The van der Waals surface area contributed by atoms with Crippen molar-refractivity contribution in [2.24, 2.45) is 4.99 Å². The van der Waals surface area contributed by atoms with E-state index in [1.807, 2.05) is 30.3 Å². The number of benzene rings is 3. The summed E-state index contributed by atoms with van der Waals surface area (Å²) in [6.07, 6.45) is 2.69. The molecule has 0 radical (unpaired) electrons. The molecule has 39 heavy (non-hydrogen) atoms. The van der Waals surface area contributed by atoms with Crippen LogP contribution in [0.15, 0.2) is 112 Å². The maximum absolute atomic E-state index is 13.6. The van der Waals surface area contributed by atoms with E-state index in [9.17, 15) is 9.59 Å². The smallest absolute Gasteiger partial charge is 0.268 e. The van der Waals surface area contributed by atoms with Crippen LogP contribution in [0.1, 0.15) is 21.5 Å². The predicted octanol–water partition coefficient (Wildman–Crippen LogP) is 4.01. The lowest BCUT2D eigenvalue weighted by atomic mass is 10.2. The van der Waals surface area contributed by atoms with Gasteiger partial charge in [0, 0.05) is 23.8 Å². The van der Waals surface area contributed by atoms with Crippen LogP contribution in [0.2, 0.25) is 5.02 Å². The fraction of sp³-hybridized carbons (Fsp3) is 0.0714. The molecule has 0 atom stereocenters. The normalized spacial score (nSPS) is 11.4. The molecule has 0 saturated carbocycles. The minimum atomic E-state index is -0.547. The van der Waals surface area contributed by atoms with Gasteiger partial charge in [0.15, 0.2) is 0 Å². The van der Waals surface area contributed by atoms with Gasteiger partial charge < -0.3 is 20.4 Å². The highest BCUT2D eigenvalue weighted by molar-refractivity contribution is 6.30. The third-order valence-corrected chi connectivity index (χ3v) is 5.96. The summed E-state index contributed by atoms with van der Waals surface area (Å²) in [5, 5.41) is 7.06. The molecule has 5 aromatic rings. The molecule has 11 heteroatoms. The van der Waals surface area contributed by atoms with Gasteiger partial charge in [0.2, 0.25) is 5.62 Å². The lowest BCUT2D eigenvalue weighted by Crippen LogP contribution is -2.47. The summed E-state index contributed by atoms with van der Waals surface area (Å²) in [4.78, 5) is 31.2. The van der Waals surface area contributed by atoms with E-state index in [1.165, 1.54) is 17.0 Å². The van der Waals surface area contributed by atoms with Gasteiger partial charge in [-0.05, 0) is 52.7 Å². The average Bonchev–Trinajstić information content (AvgIpc) is 3.47. The van der Waals surface area contributed by atoms with Crippen LogP contribution in [-0.2, 0) is 13.1 Å². The van der Waals surface area contributed by atoms with Crippen LogP contribution < -0.4 is 27.1 Å². The maximum Gasteiger partial charge on any atom is 0.268 e. The van der Waals surface area contributed by atoms with Crippen LogP contribution in [0.25, 0.3) is 0 Å². The van der Waals surface area contributed by atoms with Crippen molar-refractivity contribution < 1.29 is 14.1 Å². The first-order chi connectivity index (χ1) is 19.0. The highest BCUT2D eigenvalue weighted by atomic mass is 35.5. The summed E-state index contributed by atoms with van der Waals surface area (Å²) in [5.41, 5.74) is 1.67. The number of nitrogens with two attached hydrogens (primary N) is 1. The highest BCUT2D eigenvalue weighted by Crippen LogP contribution is 2.22. The fourth-order valence-corrected chi connectivity index (χ4v) is 3.89. The minimum absolute atomic E-state index is 0.110. The third-order valence-electron chi connectivity index (χ3n) is 5.71. The Balaban J connectivity index is 1.51. The van der Waals surface area contributed by atoms with Gasteiger partial charge in [-0.2, -0.15) is 0 Å². The SMILES string of the molecule is Nn1cc(C(=O)NCc2ccccc2)c(=O)n(Cc2ccc(Cl)cc2)/c1=N/c1ccc(Oc2ccon2)cc1. The van der Waals surface area contributed by atoms with E-state index >= 15 is 0 Å². The molecule has 0 fully saturated rings. The molecule has 3 aromatic carbocycles. The molecule has 10 nitrogen and oxygen atoms in total. The molecule has 5 rings (SSSR count). The van der Waals surface area contributed by atoms with Crippen LogP contribution >= 0.6 is 11.6 Å². The molecule has 196 valence electrons. The number of hydrogen-bond acceptors (Lipinski definition) is 7. The molecule has 0 aliphatic carbocycles. The van der Waals surface area contributed by atoms with Crippen molar-refractivity contribution in [3.63, 3.8) is 0 Å². The van der Waals surface area contributed by atoms with Crippen LogP contribution in [0.5, 0.6) is 11.6 Å². The molecule has 2 heterocycles. The van der Waals surface area contributed by atoms with Gasteiger partial charge in [-0.15, -0.1) is 0 Å². The second kappa shape index (κ2) is 11.5. The van der Waals surface area contributed by atoms with Crippen molar-refractivity contribution in [1.82, 2.24) is 19.7 Å². The Morgan fingerprint density at radius 1 is 1.00 bits per heavy atom. The zero-order valence-corrected chi connectivity index (χ0v) is 21.3. The maximum atomic E-state index is 13.6. The van der Waals surface area contributed by atoms with Crippen molar-refractivity contribution in [3.05, 3.63) is 135 Å². The van der Waals surface area contributed by atoms with Crippen molar-refractivity contribution in [2.45, 2.75) is 13.1 Å². The van der Waals surface area contributed by atoms with E-state index in [1.54, 1.807) is 54.6 Å². The van der Waals surface area contributed by atoms with Gasteiger partial charge in [-0.3, -0.25) is 14.2 Å². The Labute approximate surface area is 227 Å². The van der Waals surface area contributed by atoms with E-state index < -0.39 is 11.5 Å². The van der Waals surface area contributed by atoms with Gasteiger partial charge in [-0.25, -0.2) is 9.67 Å². The topological polar surface area (TPSA) is 130 Å². The summed E-state index contributed by atoms with van der Waals surface area (Å²) < 4.78 is 12.9. The molecule has 2 aromatic heterocycles. The van der Waals surface area contributed by atoms with E-state index in [4.69, 9.17) is 26.7 Å². The quantitative estimate of drug-likeness (QED) is 0.285. The molecule has 0 aliphatic rings. The number of nitrogens with zero attached hydrogens (tertiary/aromatic N) is 4. The van der Waals surface area contributed by atoms with E-state index in [0.29, 0.717) is 22.3 Å². The lowest BCUT2D eigenvalue weighted by Gasteiger charge is -2.13. The second-order valence-electron chi connectivity index (χ2n) is 8.48. The number of hydrogen-bond donors (Lipinski definition) is 2. The zero-order valence-electron chi connectivity index (χ0n) is 20.5. The largest absolute Gasteiger partial charge is 0.436 e. The first-order valence-corrected chi connectivity index (χ1v) is 12.3. The van der Waals surface area contributed by atoms with Crippen LogP contribution in [0.4, 0.5) is 5.69 Å². The van der Waals surface area contributed by atoms with Crippen LogP contribution in [-0.4, -0.2) is 20.3 Å². The summed E-state index contributed by atoms with van der Waals surface area (Å²) in [7, 11) is 0. The number of carbonyl (C=O) groups is 1. The number of halogens is 1. The van der Waals surface area contributed by atoms with Gasteiger partial charge >= 0.3 is 0 Å². The van der Waals surface area contributed by atoms with E-state index in [2.05, 4.69) is 15.5 Å². The van der Waals surface area contributed by atoms with Crippen LogP contribution in [0, 0.1) is 0 Å². The Kier molecular flexibility index (Phi) is 7.56. The summed E-state index contributed by atoms with van der Waals surface area (Å²) in [6.45, 7) is 0.370. The Hall–Kier alpha value is -5.09. The monoisotopic (exact) mass is 542 g/mol. The van der Waals surface area contributed by atoms with Crippen molar-refractivity contribution >= 4 is 23.2 Å². The summed E-state index contributed by atoms with van der Waals surface area (Å²) >= 11 is 6.04. The Morgan fingerprint density at radius 3 is 2.44 bits per heavy atom. The van der Waals surface area contributed by atoms with Crippen molar-refractivity contribution in [2.75, 3.05) is 5.84 Å². The molecule has 1 amide bonds. The second-order valence-corrected chi connectivity index (χ2v) is 8.92. The highest BCUT2D eigenvalue weighted by Gasteiger charge is 2.17. The van der Waals surface area contributed by atoms with Gasteiger partial charge in [0.05, 0.1) is 12.2 Å². The molecule has 3 N–H and O–H groups in total. The predicted molar refractivity (Wildman–Crippen MR) is 145 cm³/mol. The summed E-state index contributed by atoms with van der Waals surface area (Å²) in [6, 6.07) is 24.8. The molecule has 0 aliphatic heterocycles. The minimum Gasteiger partial charge on any atom is -0.436 e. The number of amides is 1. The summed E-state index contributed by atoms with van der Waals surface area (Å²) in [5.74, 6) is 6.59. The number of carbonyl (C=O) groups excluding carboxylic acids is 1. The Morgan fingerprint density at radius 2 is 1.74 bits per heavy atom. The third kappa shape index (κ3) is 6.25. The van der Waals surface area contributed by atoms with E-state index in [0.717, 1.165) is 15.8 Å². The Bertz CT molecular complexity index is 1700. The zero-order chi connectivity index (χ0) is 27.2. The van der Waals surface area contributed by atoms with Gasteiger partial charge in [-0.1, -0.05) is 54.1 Å². The fourth-order valence-electron chi connectivity index (χ4n) is 3.77. The number of aromatic nitrogens is 3. The number of rotatable bonds is 8. The first kappa shape index (κ1) is 25.6. The van der Waals surface area contributed by atoms with Crippen molar-refractivity contribution in [3.8, 4) is 11.6 Å². The number of nitrogen functional groups attached to an aromatic ring is 1. The van der Waals surface area contributed by atoms with Gasteiger partial charge in [0.1, 0.15) is 17.6 Å². The molecule has 0 saturated heterocycles. The standard InChI is InChI=1S/C28H23ClN6O4/c29-21-8-6-20(7-9-21)17-34-27(37)24(26(36)31-16-19-4-2-1-3-5-19)18-35(30)28(34)32-22-10-12-23(13-11-22)39-25-14-15-38-33-25/h1-15,18H,16-17,30H2,(H,31,36)/b32-28-. The molecule has 0 bridgehead atoms. The molecule has 0 spiro atoms. The molecular weight excluding hydrogens is 520 g/mol. The number of ether oxygens (including phenoxy) is 1. The van der Waals surface area contributed by atoms with Gasteiger partial charge in [0.25, 0.3) is 17.3 Å². The van der Waals surface area contributed by atoms with Crippen molar-refractivity contribution in [1.29, 1.82) is 0 Å². The molecular formula is C28H23ClN6O4. The van der Waals surface area contributed by atoms with E-state index in [-0.39, 0.29) is 24.3 Å². The first-order valence-electron chi connectivity index (χ1n) is 11.9. The molecule has 0 unspecified atom stereocenters. The van der Waals surface area contributed by atoms with Crippen LogP contribution in [0.3, 0.4) is 0 Å². The number of nitrogens with one attached hydrogen (secondary N) is 1.